The number of ether oxygens (including phenoxy) is 1. The van der Waals surface area contributed by atoms with Crippen LogP contribution >= 0.6 is 11.6 Å². The first-order chi connectivity index (χ1) is 11.8. The van der Waals surface area contributed by atoms with Crippen LogP contribution in [0.4, 0.5) is 5.69 Å². The van der Waals surface area contributed by atoms with Gasteiger partial charge in [-0.15, -0.1) is 0 Å². The predicted molar refractivity (Wildman–Crippen MR) is 96.9 cm³/mol. The molecule has 1 amide bonds. The van der Waals surface area contributed by atoms with Gasteiger partial charge in [-0.3, -0.25) is 9.48 Å². The van der Waals surface area contributed by atoms with Crippen molar-refractivity contribution in [3.8, 4) is 0 Å². The maximum absolute atomic E-state index is 12.2. The molecule has 7 heteroatoms. The lowest BCUT2D eigenvalue weighted by molar-refractivity contribution is -0.119. The molecule has 1 aromatic heterocycles. The van der Waals surface area contributed by atoms with Crippen LogP contribution in [0.25, 0.3) is 0 Å². The molecule has 0 saturated heterocycles. The summed E-state index contributed by atoms with van der Waals surface area (Å²) < 4.78 is 6.65. The molecule has 25 heavy (non-hydrogen) atoms. The largest absolute Gasteiger partial charge is 0.452 e. The summed E-state index contributed by atoms with van der Waals surface area (Å²) in [7, 11) is 0. The van der Waals surface area contributed by atoms with Crippen molar-refractivity contribution in [1.82, 2.24) is 9.78 Å². The number of benzene rings is 1. The Bertz CT molecular complexity index is 767. The molecule has 134 valence electrons. The van der Waals surface area contributed by atoms with E-state index in [1.165, 1.54) is 0 Å². The normalized spacial score (nSPS) is 10.8. The van der Waals surface area contributed by atoms with Crippen LogP contribution in [-0.2, 0) is 16.1 Å². The van der Waals surface area contributed by atoms with Crippen LogP contribution in [0.3, 0.4) is 0 Å². The average molecular weight is 364 g/mol. The zero-order valence-corrected chi connectivity index (χ0v) is 15.6. The van der Waals surface area contributed by atoms with Crippen molar-refractivity contribution in [2.45, 2.75) is 34.2 Å². The first-order valence-electron chi connectivity index (χ1n) is 8.04. The number of aryl methyl sites for hydroxylation is 2. The number of rotatable bonds is 6. The van der Waals surface area contributed by atoms with Gasteiger partial charge < -0.3 is 10.1 Å². The highest BCUT2D eigenvalue weighted by atomic mass is 35.5. The number of halogens is 1. The number of hydrogen-bond donors (Lipinski definition) is 1. The Balaban J connectivity index is 1.97. The number of esters is 1. The van der Waals surface area contributed by atoms with Gasteiger partial charge in [-0.25, -0.2) is 4.79 Å². The van der Waals surface area contributed by atoms with E-state index in [0.717, 1.165) is 5.56 Å². The van der Waals surface area contributed by atoms with Crippen LogP contribution in [0.5, 0.6) is 0 Å². The van der Waals surface area contributed by atoms with Crippen LogP contribution in [0, 0.1) is 19.8 Å². The lowest BCUT2D eigenvalue weighted by atomic mass is 10.2. The Morgan fingerprint density at radius 2 is 1.88 bits per heavy atom. The zero-order valence-electron chi connectivity index (χ0n) is 14.8. The maximum atomic E-state index is 12.2. The standard InChI is InChI=1S/C18H22ClN3O3/c1-11(2)9-22-17(19)16(13(4)21-22)18(24)25-10-15(23)20-14-7-5-12(3)6-8-14/h5-8,11H,9-10H2,1-4H3,(H,20,23). The number of amides is 1. The summed E-state index contributed by atoms with van der Waals surface area (Å²) in [6.45, 7) is 7.91. The number of nitrogens with one attached hydrogen (secondary N) is 1. The third-order valence-electron chi connectivity index (χ3n) is 3.48. The van der Waals surface area contributed by atoms with E-state index in [9.17, 15) is 9.59 Å². The van der Waals surface area contributed by atoms with E-state index in [1.54, 1.807) is 23.7 Å². The van der Waals surface area contributed by atoms with E-state index < -0.39 is 18.5 Å². The lowest BCUT2D eigenvalue weighted by Crippen LogP contribution is -2.21. The van der Waals surface area contributed by atoms with Crippen molar-refractivity contribution in [2.75, 3.05) is 11.9 Å². The second-order valence-electron chi connectivity index (χ2n) is 6.32. The number of carbonyl (C=O) groups is 2. The summed E-state index contributed by atoms with van der Waals surface area (Å²) in [5, 5.41) is 7.16. The molecule has 2 rings (SSSR count). The van der Waals surface area contributed by atoms with Crippen molar-refractivity contribution >= 4 is 29.2 Å². The van der Waals surface area contributed by atoms with Crippen LogP contribution < -0.4 is 5.32 Å². The molecule has 0 aliphatic rings. The number of hydrogen-bond acceptors (Lipinski definition) is 4. The van der Waals surface area contributed by atoms with Crippen molar-refractivity contribution < 1.29 is 14.3 Å². The summed E-state index contributed by atoms with van der Waals surface area (Å²) in [6, 6.07) is 7.33. The molecule has 0 unspecified atom stereocenters. The molecule has 0 spiro atoms. The van der Waals surface area contributed by atoms with Crippen LogP contribution in [-0.4, -0.2) is 28.3 Å². The number of anilines is 1. The minimum atomic E-state index is -0.656. The molecule has 6 nitrogen and oxygen atoms in total. The Morgan fingerprint density at radius 1 is 1.24 bits per heavy atom. The van der Waals surface area contributed by atoms with Crippen molar-refractivity contribution in [2.24, 2.45) is 5.92 Å². The van der Waals surface area contributed by atoms with E-state index in [2.05, 4.69) is 10.4 Å². The summed E-state index contributed by atoms with van der Waals surface area (Å²) in [6.07, 6.45) is 0. The molecule has 0 atom stereocenters. The minimum Gasteiger partial charge on any atom is -0.452 e. The summed E-state index contributed by atoms with van der Waals surface area (Å²) in [5.74, 6) is -0.738. The predicted octanol–water partition coefficient (Wildman–Crippen LogP) is 3.60. The molecule has 0 saturated carbocycles. The zero-order chi connectivity index (χ0) is 18.6. The number of nitrogens with zero attached hydrogens (tertiary/aromatic N) is 2. The highest BCUT2D eigenvalue weighted by Gasteiger charge is 2.22. The third-order valence-corrected chi connectivity index (χ3v) is 3.86. The van der Waals surface area contributed by atoms with Gasteiger partial charge in [0.1, 0.15) is 10.7 Å². The highest BCUT2D eigenvalue weighted by molar-refractivity contribution is 6.32. The lowest BCUT2D eigenvalue weighted by Gasteiger charge is -2.08. The van der Waals surface area contributed by atoms with E-state index in [1.807, 2.05) is 32.9 Å². The van der Waals surface area contributed by atoms with Crippen molar-refractivity contribution in [3.63, 3.8) is 0 Å². The molecule has 0 fully saturated rings. The second kappa shape index (κ2) is 8.16. The van der Waals surface area contributed by atoms with Crippen LogP contribution in [0.2, 0.25) is 5.15 Å². The SMILES string of the molecule is Cc1ccc(NC(=O)COC(=O)c2c(C)nn(CC(C)C)c2Cl)cc1. The van der Waals surface area contributed by atoms with Gasteiger partial charge in [-0.1, -0.05) is 43.1 Å². The molecule has 1 N–H and O–H groups in total. The van der Waals surface area contributed by atoms with Gasteiger partial charge in [0.25, 0.3) is 5.91 Å². The smallest absolute Gasteiger partial charge is 0.343 e. The third kappa shape index (κ3) is 5.06. The van der Waals surface area contributed by atoms with E-state index >= 15 is 0 Å². The average Bonchev–Trinajstić information content (AvgIpc) is 2.81. The van der Waals surface area contributed by atoms with Gasteiger partial charge >= 0.3 is 5.97 Å². The summed E-state index contributed by atoms with van der Waals surface area (Å²) >= 11 is 6.23. The molecule has 0 bridgehead atoms. The second-order valence-corrected chi connectivity index (χ2v) is 6.68. The molecule has 0 aliphatic heterocycles. The first kappa shape index (κ1) is 19.0. The molecule has 0 aliphatic carbocycles. The number of carbonyl (C=O) groups excluding carboxylic acids is 2. The Labute approximate surface area is 152 Å². The fourth-order valence-corrected chi connectivity index (χ4v) is 2.61. The quantitative estimate of drug-likeness (QED) is 0.796. The number of aromatic nitrogens is 2. The van der Waals surface area contributed by atoms with E-state index in [0.29, 0.717) is 23.8 Å². The van der Waals surface area contributed by atoms with Gasteiger partial charge in [0, 0.05) is 12.2 Å². The summed E-state index contributed by atoms with van der Waals surface area (Å²) in [4.78, 5) is 24.2. The molecule has 1 aromatic carbocycles. The minimum absolute atomic E-state index is 0.199. The van der Waals surface area contributed by atoms with Gasteiger partial charge in [0.15, 0.2) is 6.61 Å². The maximum Gasteiger partial charge on any atom is 0.343 e. The topological polar surface area (TPSA) is 73.2 Å². The van der Waals surface area contributed by atoms with Gasteiger partial charge in [-0.2, -0.15) is 5.10 Å². The first-order valence-corrected chi connectivity index (χ1v) is 8.42. The Kier molecular flexibility index (Phi) is 6.20. The Hall–Kier alpha value is -2.34. The molecule has 0 radical (unpaired) electrons. The molecular weight excluding hydrogens is 342 g/mol. The fraction of sp³-hybridized carbons (Fsp3) is 0.389. The molecule has 2 aromatic rings. The van der Waals surface area contributed by atoms with Crippen LogP contribution in [0.15, 0.2) is 24.3 Å². The van der Waals surface area contributed by atoms with E-state index in [4.69, 9.17) is 16.3 Å². The van der Waals surface area contributed by atoms with Crippen LogP contribution in [0.1, 0.15) is 35.5 Å². The fourth-order valence-electron chi connectivity index (χ4n) is 2.29. The van der Waals surface area contributed by atoms with Crippen molar-refractivity contribution in [3.05, 3.63) is 46.2 Å². The Morgan fingerprint density at radius 3 is 2.48 bits per heavy atom. The molecular formula is C18H22ClN3O3. The highest BCUT2D eigenvalue weighted by Crippen LogP contribution is 2.21. The van der Waals surface area contributed by atoms with Gasteiger partial charge in [0.05, 0.1) is 5.69 Å². The van der Waals surface area contributed by atoms with E-state index in [-0.39, 0.29) is 10.7 Å². The van der Waals surface area contributed by atoms with Crippen molar-refractivity contribution in [1.29, 1.82) is 0 Å². The monoisotopic (exact) mass is 363 g/mol. The summed E-state index contributed by atoms with van der Waals surface area (Å²) in [5.41, 5.74) is 2.42. The van der Waals surface area contributed by atoms with Gasteiger partial charge in [0.2, 0.25) is 0 Å². The van der Waals surface area contributed by atoms with Gasteiger partial charge in [-0.05, 0) is 31.9 Å². The molecule has 1 heterocycles.